The van der Waals surface area contributed by atoms with E-state index in [1.54, 1.807) is 0 Å². The van der Waals surface area contributed by atoms with Crippen LogP contribution in [0.2, 0.25) is 0 Å². The second-order valence-electron chi connectivity index (χ2n) is 3.94. The van der Waals surface area contributed by atoms with Gasteiger partial charge in [-0.25, -0.2) is 0 Å². The maximum atomic E-state index is 5.20. The summed E-state index contributed by atoms with van der Waals surface area (Å²) in [6, 6.07) is 0.276. The van der Waals surface area contributed by atoms with E-state index in [0.29, 0.717) is 0 Å². The van der Waals surface area contributed by atoms with E-state index in [1.165, 1.54) is 6.42 Å². The van der Waals surface area contributed by atoms with Crippen LogP contribution in [0, 0.1) is 0 Å². The highest BCUT2D eigenvalue weighted by atomic mass is 16.5. The molecular formula is C9H16N4O. The van der Waals surface area contributed by atoms with Crippen molar-refractivity contribution in [2.75, 3.05) is 20.6 Å². The molecule has 0 aliphatic carbocycles. The number of nitrogens with one attached hydrogen (secondary N) is 1. The Morgan fingerprint density at radius 3 is 3.07 bits per heavy atom. The second-order valence-corrected chi connectivity index (χ2v) is 3.94. The van der Waals surface area contributed by atoms with Crippen LogP contribution < -0.4 is 5.32 Å². The van der Waals surface area contributed by atoms with Crippen molar-refractivity contribution >= 4 is 0 Å². The van der Waals surface area contributed by atoms with Gasteiger partial charge in [-0.3, -0.25) is 0 Å². The molecule has 5 heteroatoms. The lowest BCUT2D eigenvalue weighted by Crippen LogP contribution is -2.14. The summed E-state index contributed by atoms with van der Waals surface area (Å²) >= 11 is 0. The molecule has 0 aromatic carbocycles. The van der Waals surface area contributed by atoms with E-state index < -0.39 is 0 Å². The van der Waals surface area contributed by atoms with E-state index in [9.17, 15) is 0 Å². The minimum atomic E-state index is 0.276. The van der Waals surface area contributed by atoms with E-state index in [-0.39, 0.29) is 6.04 Å². The van der Waals surface area contributed by atoms with Crippen molar-refractivity contribution < 1.29 is 4.52 Å². The molecule has 1 aromatic rings. The summed E-state index contributed by atoms with van der Waals surface area (Å²) in [4.78, 5) is 6.37. The summed E-state index contributed by atoms with van der Waals surface area (Å²) in [5, 5.41) is 7.26. The van der Waals surface area contributed by atoms with Crippen LogP contribution >= 0.6 is 0 Å². The maximum absolute atomic E-state index is 5.20. The van der Waals surface area contributed by atoms with Gasteiger partial charge < -0.3 is 14.7 Å². The van der Waals surface area contributed by atoms with Gasteiger partial charge in [-0.2, -0.15) is 4.98 Å². The zero-order valence-corrected chi connectivity index (χ0v) is 8.66. The van der Waals surface area contributed by atoms with Crippen LogP contribution in [-0.4, -0.2) is 35.7 Å². The third-order valence-electron chi connectivity index (χ3n) is 2.30. The molecule has 0 amide bonds. The van der Waals surface area contributed by atoms with Gasteiger partial charge in [-0.15, -0.1) is 0 Å². The molecule has 0 unspecified atom stereocenters. The minimum absolute atomic E-state index is 0.276. The number of hydrogen-bond acceptors (Lipinski definition) is 5. The summed E-state index contributed by atoms with van der Waals surface area (Å²) in [5.74, 6) is 1.50. The van der Waals surface area contributed by atoms with E-state index in [1.807, 2.05) is 19.0 Å². The SMILES string of the molecule is CN(C)Cc1noc([C@@H]2CCCN2)n1. The van der Waals surface area contributed by atoms with Crippen LogP contribution in [0.1, 0.15) is 30.6 Å². The Morgan fingerprint density at radius 1 is 1.57 bits per heavy atom. The van der Waals surface area contributed by atoms with E-state index in [2.05, 4.69) is 15.5 Å². The molecule has 2 heterocycles. The lowest BCUT2D eigenvalue weighted by atomic mass is 10.2. The van der Waals surface area contributed by atoms with Crippen LogP contribution in [0.4, 0.5) is 0 Å². The second kappa shape index (κ2) is 4.06. The fourth-order valence-electron chi connectivity index (χ4n) is 1.65. The van der Waals surface area contributed by atoms with Crippen LogP contribution in [0.25, 0.3) is 0 Å². The molecule has 1 aliphatic heterocycles. The first-order valence-electron chi connectivity index (χ1n) is 4.96. The van der Waals surface area contributed by atoms with Gasteiger partial charge in [0.1, 0.15) is 0 Å². The Morgan fingerprint density at radius 2 is 2.43 bits per heavy atom. The molecule has 14 heavy (non-hydrogen) atoms. The van der Waals surface area contributed by atoms with E-state index in [0.717, 1.165) is 31.2 Å². The molecule has 1 aliphatic rings. The molecule has 78 valence electrons. The Labute approximate surface area is 83.5 Å². The first-order valence-corrected chi connectivity index (χ1v) is 4.96. The Hall–Kier alpha value is -0.940. The number of nitrogens with zero attached hydrogens (tertiary/aromatic N) is 3. The largest absolute Gasteiger partial charge is 0.338 e. The molecular weight excluding hydrogens is 180 g/mol. The smallest absolute Gasteiger partial charge is 0.243 e. The van der Waals surface area contributed by atoms with Gasteiger partial charge in [0.2, 0.25) is 5.89 Å². The molecule has 0 radical (unpaired) electrons. The lowest BCUT2D eigenvalue weighted by Gasteiger charge is -2.04. The molecule has 1 fully saturated rings. The molecule has 1 N–H and O–H groups in total. The molecule has 0 saturated carbocycles. The lowest BCUT2D eigenvalue weighted by molar-refractivity contribution is 0.330. The van der Waals surface area contributed by atoms with Crippen molar-refractivity contribution in [3.05, 3.63) is 11.7 Å². The zero-order valence-electron chi connectivity index (χ0n) is 8.66. The number of hydrogen-bond donors (Lipinski definition) is 1. The van der Waals surface area contributed by atoms with E-state index in [4.69, 9.17) is 4.52 Å². The Balaban J connectivity index is 2.01. The standard InChI is InChI=1S/C9H16N4O/c1-13(2)6-8-11-9(14-12-8)7-4-3-5-10-7/h7,10H,3-6H2,1-2H3/t7-/m0/s1. The fraction of sp³-hybridized carbons (Fsp3) is 0.778. The average molecular weight is 196 g/mol. The number of rotatable bonds is 3. The van der Waals surface area contributed by atoms with Gasteiger partial charge in [0.25, 0.3) is 0 Å². The molecule has 2 rings (SSSR count). The van der Waals surface area contributed by atoms with Crippen LogP contribution in [0.15, 0.2) is 4.52 Å². The number of aromatic nitrogens is 2. The predicted molar refractivity (Wildman–Crippen MR) is 51.7 cm³/mol. The third-order valence-corrected chi connectivity index (χ3v) is 2.30. The van der Waals surface area contributed by atoms with Crippen LogP contribution in [0.5, 0.6) is 0 Å². The topological polar surface area (TPSA) is 54.2 Å². The van der Waals surface area contributed by atoms with Crippen molar-refractivity contribution in [1.82, 2.24) is 20.4 Å². The van der Waals surface area contributed by atoms with Gasteiger partial charge in [-0.05, 0) is 33.5 Å². The van der Waals surface area contributed by atoms with Crippen molar-refractivity contribution in [2.24, 2.45) is 0 Å². The first kappa shape index (κ1) is 9.61. The molecule has 0 bridgehead atoms. The van der Waals surface area contributed by atoms with Crippen molar-refractivity contribution in [3.8, 4) is 0 Å². The highest BCUT2D eigenvalue weighted by Gasteiger charge is 2.22. The maximum Gasteiger partial charge on any atom is 0.243 e. The summed E-state index contributed by atoms with van der Waals surface area (Å²) in [6.07, 6.45) is 2.29. The van der Waals surface area contributed by atoms with Crippen molar-refractivity contribution in [1.29, 1.82) is 0 Å². The monoisotopic (exact) mass is 196 g/mol. The third kappa shape index (κ3) is 2.10. The zero-order chi connectivity index (χ0) is 9.97. The van der Waals surface area contributed by atoms with E-state index >= 15 is 0 Å². The first-order chi connectivity index (χ1) is 6.75. The Bertz CT molecular complexity index is 291. The molecule has 0 spiro atoms. The van der Waals surface area contributed by atoms with Crippen molar-refractivity contribution in [3.63, 3.8) is 0 Å². The molecule has 5 nitrogen and oxygen atoms in total. The van der Waals surface area contributed by atoms with Gasteiger partial charge in [-0.1, -0.05) is 5.16 Å². The minimum Gasteiger partial charge on any atom is -0.338 e. The summed E-state index contributed by atoms with van der Waals surface area (Å²) in [6.45, 7) is 1.78. The molecule has 1 aromatic heterocycles. The van der Waals surface area contributed by atoms with Crippen LogP contribution in [-0.2, 0) is 6.54 Å². The average Bonchev–Trinajstić information content (AvgIpc) is 2.69. The fourth-order valence-corrected chi connectivity index (χ4v) is 1.65. The predicted octanol–water partition coefficient (Wildman–Crippen LogP) is 0.556. The van der Waals surface area contributed by atoms with Gasteiger partial charge in [0.15, 0.2) is 5.82 Å². The van der Waals surface area contributed by atoms with Crippen molar-refractivity contribution in [2.45, 2.75) is 25.4 Å². The summed E-state index contributed by atoms with van der Waals surface area (Å²) in [7, 11) is 3.98. The summed E-state index contributed by atoms with van der Waals surface area (Å²) in [5.41, 5.74) is 0. The van der Waals surface area contributed by atoms with Gasteiger partial charge in [0, 0.05) is 0 Å². The highest BCUT2D eigenvalue weighted by molar-refractivity contribution is 4.95. The molecule has 1 atom stereocenters. The quantitative estimate of drug-likeness (QED) is 0.765. The highest BCUT2D eigenvalue weighted by Crippen LogP contribution is 2.21. The van der Waals surface area contributed by atoms with Gasteiger partial charge in [0.05, 0.1) is 12.6 Å². The van der Waals surface area contributed by atoms with Crippen LogP contribution in [0.3, 0.4) is 0 Å². The Kier molecular flexibility index (Phi) is 2.79. The van der Waals surface area contributed by atoms with Gasteiger partial charge >= 0.3 is 0 Å². The summed E-state index contributed by atoms with van der Waals surface area (Å²) < 4.78 is 5.20. The molecule has 1 saturated heterocycles. The normalized spacial score (nSPS) is 22.1.